The molecule has 3 aliphatic rings. The Hall–Kier alpha value is -3.02. The first-order chi connectivity index (χ1) is 17.3. The summed E-state index contributed by atoms with van der Waals surface area (Å²) in [5.74, 6) is 0.0759. The van der Waals surface area contributed by atoms with Crippen LogP contribution in [0.25, 0.3) is 11.7 Å². The second-order valence-electron chi connectivity index (χ2n) is 9.08. The molecule has 0 bridgehead atoms. The highest BCUT2D eigenvalue weighted by molar-refractivity contribution is 8.26. The fourth-order valence-corrected chi connectivity index (χ4v) is 8.16. The number of sulfone groups is 1. The molecule has 2 saturated heterocycles. The highest BCUT2D eigenvalue weighted by Crippen LogP contribution is 2.38. The number of aromatic nitrogens is 2. The van der Waals surface area contributed by atoms with E-state index in [1.165, 1.54) is 14.9 Å². The molecule has 2 aromatic heterocycles. The first kappa shape index (κ1) is 23.4. The molecule has 1 amide bonds. The minimum Gasteiger partial charge on any atom is -0.325 e. The van der Waals surface area contributed by atoms with Crippen molar-refractivity contribution in [2.45, 2.75) is 25.3 Å². The SMILES string of the molecule is O=C1/C(=C\c2c(N3CCCc4ccccc43)nc3ccccn3c2=O)SC(=S)N1C1CCS(=O)(=O)C1. The maximum atomic E-state index is 13.7. The van der Waals surface area contributed by atoms with Crippen molar-refractivity contribution in [2.75, 3.05) is 23.0 Å². The van der Waals surface area contributed by atoms with Gasteiger partial charge in [0.2, 0.25) is 0 Å². The van der Waals surface area contributed by atoms with Crippen molar-refractivity contribution in [2.24, 2.45) is 0 Å². The Morgan fingerprint density at radius 1 is 1.11 bits per heavy atom. The molecule has 6 rings (SSSR count). The van der Waals surface area contributed by atoms with Gasteiger partial charge in [0.25, 0.3) is 11.5 Å². The van der Waals surface area contributed by atoms with Gasteiger partial charge in [0.15, 0.2) is 9.84 Å². The molecule has 36 heavy (non-hydrogen) atoms. The lowest BCUT2D eigenvalue weighted by Crippen LogP contribution is -2.39. The van der Waals surface area contributed by atoms with Gasteiger partial charge in [-0.1, -0.05) is 48.2 Å². The zero-order valence-corrected chi connectivity index (χ0v) is 21.6. The van der Waals surface area contributed by atoms with Crippen LogP contribution in [-0.2, 0) is 21.1 Å². The number of fused-ring (bicyclic) bond motifs is 2. The number of amides is 1. The Labute approximate surface area is 217 Å². The molecule has 184 valence electrons. The van der Waals surface area contributed by atoms with Crippen LogP contribution >= 0.6 is 24.0 Å². The number of rotatable bonds is 3. The van der Waals surface area contributed by atoms with E-state index in [0.29, 0.717) is 39.2 Å². The number of aryl methyl sites for hydroxylation is 1. The topological polar surface area (TPSA) is 92.1 Å². The van der Waals surface area contributed by atoms with Crippen LogP contribution in [0.3, 0.4) is 0 Å². The van der Waals surface area contributed by atoms with E-state index >= 15 is 0 Å². The van der Waals surface area contributed by atoms with Crippen molar-refractivity contribution in [3.63, 3.8) is 0 Å². The van der Waals surface area contributed by atoms with Gasteiger partial charge in [-0.3, -0.25) is 18.9 Å². The summed E-state index contributed by atoms with van der Waals surface area (Å²) in [5.41, 5.74) is 2.71. The van der Waals surface area contributed by atoms with Crippen LogP contribution in [0, 0.1) is 0 Å². The number of pyridine rings is 1. The van der Waals surface area contributed by atoms with E-state index in [4.69, 9.17) is 17.2 Å². The maximum Gasteiger partial charge on any atom is 0.267 e. The molecule has 1 aromatic carbocycles. The van der Waals surface area contributed by atoms with E-state index in [1.807, 2.05) is 29.2 Å². The van der Waals surface area contributed by atoms with Crippen LogP contribution in [-0.4, -0.2) is 57.0 Å². The third-order valence-corrected chi connectivity index (χ3v) is 9.87. The van der Waals surface area contributed by atoms with Gasteiger partial charge in [0.1, 0.15) is 15.8 Å². The summed E-state index contributed by atoms with van der Waals surface area (Å²) in [6.07, 6.45) is 5.44. The minimum atomic E-state index is -3.19. The molecule has 0 N–H and O–H groups in total. The summed E-state index contributed by atoms with van der Waals surface area (Å²) in [4.78, 5) is 35.7. The number of carbonyl (C=O) groups is 1. The van der Waals surface area contributed by atoms with Crippen molar-refractivity contribution in [1.29, 1.82) is 0 Å². The molecular formula is C25H22N4O4S3. The largest absolute Gasteiger partial charge is 0.325 e. The molecular weight excluding hydrogens is 517 g/mol. The Balaban J connectivity index is 1.49. The van der Waals surface area contributed by atoms with Crippen LogP contribution in [0.1, 0.15) is 24.0 Å². The monoisotopic (exact) mass is 538 g/mol. The number of carbonyl (C=O) groups excluding carboxylic acids is 1. The molecule has 1 atom stereocenters. The van der Waals surface area contributed by atoms with E-state index in [9.17, 15) is 18.0 Å². The number of anilines is 2. The molecule has 0 spiro atoms. The highest BCUT2D eigenvalue weighted by atomic mass is 32.2. The van der Waals surface area contributed by atoms with Crippen LogP contribution < -0.4 is 10.5 Å². The molecule has 3 aliphatic heterocycles. The Kier molecular flexibility index (Phi) is 5.73. The second-order valence-corrected chi connectivity index (χ2v) is 13.0. The van der Waals surface area contributed by atoms with Crippen molar-refractivity contribution in [1.82, 2.24) is 14.3 Å². The predicted octanol–water partition coefficient (Wildman–Crippen LogP) is 3.17. The maximum absolute atomic E-state index is 13.7. The van der Waals surface area contributed by atoms with Crippen molar-refractivity contribution < 1.29 is 13.2 Å². The number of thioether (sulfide) groups is 1. The molecule has 1 unspecified atom stereocenters. The van der Waals surface area contributed by atoms with Crippen LogP contribution in [0.2, 0.25) is 0 Å². The van der Waals surface area contributed by atoms with Crippen LogP contribution in [0.15, 0.2) is 58.4 Å². The third kappa shape index (κ3) is 3.95. The van der Waals surface area contributed by atoms with E-state index < -0.39 is 15.9 Å². The molecule has 0 saturated carbocycles. The van der Waals surface area contributed by atoms with Crippen LogP contribution in [0.4, 0.5) is 11.5 Å². The van der Waals surface area contributed by atoms with E-state index in [1.54, 1.807) is 24.4 Å². The summed E-state index contributed by atoms with van der Waals surface area (Å²) in [6.45, 7) is 0.689. The fourth-order valence-electron chi connectivity index (χ4n) is 5.08. The van der Waals surface area contributed by atoms with Gasteiger partial charge in [-0.2, -0.15) is 0 Å². The van der Waals surface area contributed by atoms with Crippen molar-refractivity contribution in [3.05, 3.63) is 75.0 Å². The summed E-state index contributed by atoms with van der Waals surface area (Å²) in [5, 5.41) is 0. The van der Waals surface area contributed by atoms with Crippen molar-refractivity contribution in [3.8, 4) is 0 Å². The minimum absolute atomic E-state index is 0.0439. The third-order valence-electron chi connectivity index (χ3n) is 6.79. The van der Waals surface area contributed by atoms with E-state index in [0.717, 1.165) is 30.3 Å². The molecule has 2 fully saturated rings. The summed E-state index contributed by atoms with van der Waals surface area (Å²) < 4.78 is 25.8. The van der Waals surface area contributed by atoms with Gasteiger partial charge >= 0.3 is 0 Å². The summed E-state index contributed by atoms with van der Waals surface area (Å²) >= 11 is 6.56. The lowest BCUT2D eigenvalue weighted by Gasteiger charge is -2.31. The number of hydrogen-bond donors (Lipinski definition) is 0. The Bertz CT molecular complexity index is 1630. The molecule has 0 radical (unpaired) electrons. The smallest absolute Gasteiger partial charge is 0.267 e. The van der Waals surface area contributed by atoms with Crippen LogP contribution in [0.5, 0.6) is 0 Å². The normalized spacial score (nSPS) is 22.6. The van der Waals surface area contributed by atoms with E-state index in [2.05, 4.69) is 6.07 Å². The standard InChI is InChI=1S/C25H22N4O4S3/c30-23-18(14-20-24(31)29(25(34)35-20)17-10-13-36(32,33)15-17)22(26-21-9-3-4-11-28(21)23)27-12-5-7-16-6-1-2-8-19(16)27/h1-4,6,8-9,11,14,17H,5,7,10,12-13,15H2/b20-14+. The van der Waals surface area contributed by atoms with Gasteiger partial charge in [-0.15, -0.1) is 0 Å². The summed E-state index contributed by atoms with van der Waals surface area (Å²) in [7, 11) is -3.19. The van der Waals surface area contributed by atoms with Gasteiger partial charge in [-0.05, 0) is 49.1 Å². The number of benzene rings is 1. The zero-order chi connectivity index (χ0) is 25.0. The summed E-state index contributed by atoms with van der Waals surface area (Å²) in [6, 6.07) is 13.0. The predicted molar refractivity (Wildman–Crippen MR) is 145 cm³/mol. The molecule has 8 nitrogen and oxygen atoms in total. The molecule has 0 aliphatic carbocycles. The zero-order valence-electron chi connectivity index (χ0n) is 19.2. The van der Waals surface area contributed by atoms with Gasteiger partial charge in [0, 0.05) is 18.4 Å². The Morgan fingerprint density at radius 3 is 2.72 bits per heavy atom. The average molecular weight is 539 g/mol. The number of nitrogens with zero attached hydrogens (tertiary/aromatic N) is 4. The lowest BCUT2D eigenvalue weighted by atomic mass is 10.0. The first-order valence-corrected chi connectivity index (χ1v) is 14.7. The van der Waals surface area contributed by atoms with Gasteiger partial charge in [0.05, 0.1) is 28.0 Å². The highest BCUT2D eigenvalue weighted by Gasteiger charge is 2.42. The molecule has 11 heteroatoms. The lowest BCUT2D eigenvalue weighted by molar-refractivity contribution is -0.123. The molecule has 5 heterocycles. The Morgan fingerprint density at radius 2 is 1.92 bits per heavy atom. The number of hydrogen-bond acceptors (Lipinski definition) is 8. The average Bonchev–Trinajstić information content (AvgIpc) is 3.37. The number of thiocarbonyl (C=S) groups is 1. The van der Waals surface area contributed by atoms with E-state index in [-0.39, 0.29) is 23.0 Å². The quantitative estimate of drug-likeness (QED) is 0.371. The fraction of sp³-hybridized carbons (Fsp3) is 0.280. The molecule has 3 aromatic rings. The number of para-hydroxylation sites is 1. The van der Waals surface area contributed by atoms with Gasteiger partial charge in [-0.25, -0.2) is 13.4 Å². The second kappa shape index (κ2) is 8.82. The first-order valence-electron chi connectivity index (χ1n) is 11.7. The van der Waals surface area contributed by atoms with Crippen molar-refractivity contribution >= 4 is 67.3 Å². The van der Waals surface area contributed by atoms with Gasteiger partial charge < -0.3 is 4.90 Å².